The van der Waals surface area contributed by atoms with Crippen LogP contribution in [0, 0.1) is 10.1 Å². The van der Waals surface area contributed by atoms with Gasteiger partial charge in [-0.25, -0.2) is 4.79 Å². The van der Waals surface area contributed by atoms with Crippen molar-refractivity contribution in [1.82, 2.24) is 0 Å². The molecule has 0 saturated carbocycles. The third kappa shape index (κ3) is 4.86. The van der Waals surface area contributed by atoms with E-state index in [1.807, 2.05) is 4.90 Å². The first-order valence-electron chi connectivity index (χ1n) is 9.58. The normalized spacial score (nSPS) is 14.1. The molecule has 1 aliphatic heterocycles. The first-order valence-corrected chi connectivity index (χ1v) is 9.58. The van der Waals surface area contributed by atoms with Crippen molar-refractivity contribution in [2.75, 3.05) is 30.4 Å². The SMILES string of the molecule is COc1cccc(NC(=O)[C@@H](C)OC(=O)c2ccc(N3CCCC3)c([N+](=O)[O-])c2)c1. The van der Waals surface area contributed by atoms with E-state index in [4.69, 9.17) is 9.47 Å². The number of hydrogen-bond acceptors (Lipinski definition) is 7. The number of rotatable bonds is 7. The van der Waals surface area contributed by atoms with Crippen LogP contribution < -0.4 is 15.0 Å². The number of carbonyl (C=O) groups excluding carboxylic acids is 2. The lowest BCUT2D eigenvalue weighted by molar-refractivity contribution is -0.384. The molecule has 1 atom stereocenters. The highest BCUT2D eigenvalue weighted by Gasteiger charge is 2.26. The van der Waals surface area contributed by atoms with E-state index in [1.54, 1.807) is 30.3 Å². The fourth-order valence-corrected chi connectivity index (χ4v) is 3.25. The zero-order valence-corrected chi connectivity index (χ0v) is 16.8. The molecule has 1 N–H and O–H groups in total. The van der Waals surface area contributed by atoms with Crippen molar-refractivity contribution in [3.8, 4) is 5.75 Å². The van der Waals surface area contributed by atoms with Crippen molar-refractivity contribution in [3.05, 3.63) is 58.1 Å². The van der Waals surface area contributed by atoms with E-state index in [1.165, 1.54) is 26.2 Å². The summed E-state index contributed by atoms with van der Waals surface area (Å²) in [7, 11) is 1.51. The lowest BCUT2D eigenvalue weighted by Gasteiger charge is -2.18. The molecule has 2 aromatic carbocycles. The fraction of sp³-hybridized carbons (Fsp3) is 0.333. The van der Waals surface area contributed by atoms with Gasteiger partial charge in [-0.15, -0.1) is 0 Å². The summed E-state index contributed by atoms with van der Waals surface area (Å²) in [6.45, 7) is 2.92. The molecule has 1 aliphatic rings. The minimum absolute atomic E-state index is 0.0191. The predicted octanol–water partition coefficient (Wildman–Crippen LogP) is 3.39. The number of benzene rings is 2. The number of ether oxygens (including phenoxy) is 2. The Kier molecular flexibility index (Phi) is 6.51. The highest BCUT2D eigenvalue weighted by molar-refractivity contribution is 5.98. The predicted molar refractivity (Wildman–Crippen MR) is 111 cm³/mol. The number of hydrogen-bond donors (Lipinski definition) is 1. The number of carbonyl (C=O) groups is 2. The highest BCUT2D eigenvalue weighted by Crippen LogP contribution is 2.32. The maximum Gasteiger partial charge on any atom is 0.339 e. The summed E-state index contributed by atoms with van der Waals surface area (Å²) in [6.07, 6.45) is 0.850. The molecule has 158 valence electrons. The van der Waals surface area contributed by atoms with Gasteiger partial charge in [0.25, 0.3) is 11.6 Å². The van der Waals surface area contributed by atoms with Crippen molar-refractivity contribution >= 4 is 28.9 Å². The van der Waals surface area contributed by atoms with Crippen LogP contribution in [0.15, 0.2) is 42.5 Å². The van der Waals surface area contributed by atoms with E-state index in [-0.39, 0.29) is 11.3 Å². The summed E-state index contributed by atoms with van der Waals surface area (Å²) in [5.41, 5.74) is 0.844. The van der Waals surface area contributed by atoms with E-state index in [2.05, 4.69) is 5.32 Å². The van der Waals surface area contributed by atoms with Crippen LogP contribution in [-0.4, -0.2) is 43.1 Å². The number of nitro groups is 1. The minimum Gasteiger partial charge on any atom is -0.497 e. The smallest absolute Gasteiger partial charge is 0.339 e. The van der Waals surface area contributed by atoms with Crippen LogP contribution in [0.5, 0.6) is 5.75 Å². The minimum atomic E-state index is -1.10. The maximum absolute atomic E-state index is 12.5. The van der Waals surface area contributed by atoms with Crippen molar-refractivity contribution in [3.63, 3.8) is 0 Å². The van der Waals surface area contributed by atoms with Gasteiger partial charge in [0.05, 0.1) is 17.6 Å². The van der Waals surface area contributed by atoms with E-state index < -0.39 is 22.9 Å². The van der Waals surface area contributed by atoms with E-state index in [9.17, 15) is 19.7 Å². The molecule has 9 heteroatoms. The lowest BCUT2D eigenvalue weighted by atomic mass is 10.1. The van der Waals surface area contributed by atoms with Crippen LogP contribution in [0.4, 0.5) is 17.1 Å². The average molecular weight is 413 g/mol. The molecule has 0 bridgehead atoms. The van der Waals surface area contributed by atoms with Crippen molar-refractivity contribution in [2.24, 2.45) is 0 Å². The molecule has 3 rings (SSSR count). The highest BCUT2D eigenvalue weighted by atomic mass is 16.6. The Morgan fingerprint density at radius 1 is 1.17 bits per heavy atom. The Bertz CT molecular complexity index is 956. The summed E-state index contributed by atoms with van der Waals surface area (Å²) in [5, 5.41) is 14.1. The van der Waals surface area contributed by atoms with Gasteiger partial charge in [-0.2, -0.15) is 0 Å². The topological polar surface area (TPSA) is 111 Å². The Balaban J connectivity index is 1.69. The molecule has 0 unspecified atom stereocenters. The standard InChI is InChI=1S/C21H23N3O6/c1-14(20(25)22-16-6-5-7-17(13-16)29-2)30-21(26)15-8-9-18(19(12-15)24(27)28)23-10-3-4-11-23/h5-9,12-14H,3-4,10-11H2,1-2H3,(H,22,25)/t14-/m1/s1. The molecule has 0 spiro atoms. The molecular formula is C21H23N3O6. The number of anilines is 2. The molecule has 0 radical (unpaired) electrons. The van der Waals surface area contributed by atoms with Crippen LogP contribution in [0.25, 0.3) is 0 Å². The fourth-order valence-electron chi connectivity index (χ4n) is 3.25. The van der Waals surface area contributed by atoms with Crippen molar-refractivity contribution in [1.29, 1.82) is 0 Å². The second kappa shape index (κ2) is 9.25. The number of methoxy groups -OCH3 is 1. The lowest BCUT2D eigenvalue weighted by Crippen LogP contribution is -2.30. The second-order valence-corrected chi connectivity index (χ2v) is 6.92. The monoisotopic (exact) mass is 413 g/mol. The Morgan fingerprint density at radius 3 is 2.57 bits per heavy atom. The molecule has 1 heterocycles. The third-order valence-corrected chi connectivity index (χ3v) is 4.84. The van der Waals surface area contributed by atoms with E-state index in [0.717, 1.165) is 25.9 Å². The molecule has 9 nitrogen and oxygen atoms in total. The van der Waals surface area contributed by atoms with Gasteiger partial charge < -0.3 is 19.7 Å². The molecule has 2 aromatic rings. The summed E-state index contributed by atoms with van der Waals surface area (Å²) in [6, 6.07) is 11.0. The van der Waals surface area contributed by atoms with Gasteiger partial charge in [0.2, 0.25) is 0 Å². The Labute approximate surface area is 173 Å². The second-order valence-electron chi connectivity index (χ2n) is 6.92. The molecule has 0 aromatic heterocycles. The van der Waals surface area contributed by atoms with Gasteiger partial charge in [-0.1, -0.05) is 6.07 Å². The number of amides is 1. The van der Waals surface area contributed by atoms with E-state index >= 15 is 0 Å². The molecule has 1 amide bonds. The molecule has 30 heavy (non-hydrogen) atoms. The van der Waals surface area contributed by atoms with Crippen LogP contribution in [0.2, 0.25) is 0 Å². The van der Waals surface area contributed by atoms with E-state index in [0.29, 0.717) is 17.1 Å². The number of nitrogens with one attached hydrogen (secondary N) is 1. The van der Waals surface area contributed by atoms with Gasteiger partial charge in [0.15, 0.2) is 6.10 Å². The van der Waals surface area contributed by atoms with Gasteiger partial charge in [-0.3, -0.25) is 14.9 Å². The molecule has 1 fully saturated rings. The van der Waals surface area contributed by atoms with Gasteiger partial charge in [0, 0.05) is 30.9 Å². The summed E-state index contributed by atoms with van der Waals surface area (Å²) in [4.78, 5) is 37.7. The summed E-state index contributed by atoms with van der Waals surface area (Å²) < 4.78 is 10.3. The van der Waals surface area contributed by atoms with Crippen molar-refractivity contribution < 1.29 is 24.0 Å². The van der Waals surface area contributed by atoms with Gasteiger partial charge in [-0.05, 0) is 44.0 Å². The zero-order valence-electron chi connectivity index (χ0n) is 16.8. The van der Waals surface area contributed by atoms with Crippen LogP contribution >= 0.6 is 0 Å². The van der Waals surface area contributed by atoms with Gasteiger partial charge in [0.1, 0.15) is 11.4 Å². The molecule has 1 saturated heterocycles. The first-order chi connectivity index (χ1) is 14.4. The quantitative estimate of drug-likeness (QED) is 0.421. The number of nitro benzene ring substituents is 1. The summed E-state index contributed by atoms with van der Waals surface area (Å²) >= 11 is 0. The number of esters is 1. The Hall–Kier alpha value is -3.62. The average Bonchev–Trinajstić information content (AvgIpc) is 3.28. The maximum atomic E-state index is 12.5. The molecule has 0 aliphatic carbocycles. The van der Waals surface area contributed by atoms with Gasteiger partial charge >= 0.3 is 5.97 Å². The largest absolute Gasteiger partial charge is 0.497 e. The van der Waals surface area contributed by atoms with Crippen LogP contribution in [-0.2, 0) is 9.53 Å². The van der Waals surface area contributed by atoms with Crippen molar-refractivity contribution in [2.45, 2.75) is 25.9 Å². The van der Waals surface area contributed by atoms with Crippen LogP contribution in [0.3, 0.4) is 0 Å². The molecular weight excluding hydrogens is 390 g/mol. The third-order valence-electron chi connectivity index (χ3n) is 4.84. The zero-order chi connectivity index (χ0) is 21.7. The summed E-state index contributed by atoms with van der Waals surface area (Å²) in [5.74, 6) is -0.762. The number of nitrogens with zero attached hydrogens (tertiary/aromatic N) is 2. The van der Waals surface area contributed by atoms with Crippen LogP contribution in [0.1, 0.15) is 30.1 Å². The first kappa shape index (κ1) is 21.1. The Morgan fingerprint density at radius 2 is 1.90 bits per heavy atom.